The molecule has 1 spiro atoms. The lowest BCUT2D eigenvalue weighted by Gasteiger charge is -2.41. The van der Waals surface area contributed by atoms with Crippen LogP contribution in [0.5, 0.6) is 0 Å². The standard InChI is InChI=1S/C33H37NO3/c1-24(2)30-33(26-17-9-4-10-18-26,27-19-11-5-12-20-27)37-31(35)34(30)29-23-28(25-15-7-3-8-16-25)32(36-29)21-13-6-14-22-32/h3-5,7-12,15-20,24,28-30H,6,13-14,21-23H2,1-2H3/t28-,29?,30+/m1/s1. The van der Waals surface area contributed by atoms with Crippen LogP contribution in [0.3, 0.4) is 0 Å². The Labute approximate surface area is 220 Å². The van der Waals surface area contributed by atoms with Crippen molar-refractivity contribution in [3.63, 3.8) is 0 Å². The molecule has 3 aromatic carbocycles. The fraction of sp³-hybridized carbons (Fsp3) is 0.424. The maximum Gasteiger partial charge on any atom is 0.413 e. The Hall–Kier alpha value is -3.11. The van der Waals surface area contributed by atoms with E-state index < -0.39 is 5.60 Å². The molecule has 192 valence electrons. The van der Waals surface area contributed by atoms with Crippen molar-refractivity contribution in [2.45, 2.75) is 81.8 Å². The van der Waals surface area contributed by atoms with Gasteiger partial charge in [-0.05, 0) is 24.3 Å². The Morgan fingerprint density at radius 3 is 1.86 bits per heavy atom. The molecule has 4 nitrogen and oxygen atoms in total. The number of rotatable bonds is 5. The lowest BCUT2D eigenvalue weighted by atomic mass is 9.73. The first-order chi connectivity index (χ1) is 18.1. The second kappa shape index (κ2) is 9.64. The lowest BCUT2D eigenvalue weighted by Crippen LogP contribution is -2.51. The first kappa shape index (κ1) is 24.2. The van der Waals surface area contributed by atoms with E-state index in [0.717, 1.165) is 30.4 Å². The fourth-order valence-electron chi connectivity index (χ4n) is 7.37. The minimum Gasteiger partial charge on any atom is -0.431 e. The van der Waals surface area contributed by atoms with Gasteiger partial charge in [-0.15, -0.1) is 0 Å². The summed E-state index contributed by atoms with van der Waals surface area (Å²) in [4.78, 5) is 15.9. The molecular weight excluding hydrogens is 458 g/mol. The van der Waals surface area contributed by atoms with E-state index in [1.54, 1.807) is 0 Å². The molecule has 1 saturated carbocycles. The van der Waals surface area contributed by atoms with E-state index >= 15 is 0 Å². The number of cyclic esters (lactones) is 1. The molecule has 2 aliphatic heterocycles. The number of nitrogens with zero attached hydrogens (tertiary/aromatic N) is 1. The summed E-state index contributed by atoms with van der Waals surface area (Å²) in [6.07, 6.45) is 5.87. The van der Waals surface area contributed by atoms with Crippen molar-refractivity contribution in [3.05, 3.63) is 108 Å². The highest BCUT2D eigenvalue weighted by Gasteiger charge is 2.62. The monoisotopic (exact) mass is 495 g/mol. The SMILES string of the molecule is CC(C)[C@@H]1N(C2C[C@H](c3ccccc3)C3(CCCCC3)O2)C(=O)OC1(c1ccccc1)c1ccccc1. The van der Waals surface area contributed by atoms with E-state index in [9.17, 15) is 4.79 Å². The predicted octanol–water partition coefficient (Wildman–Crippen LogP) is 7.64. The van der Waals surface area contributed by atoms with Crippen molar-refractivity contribution < 1.29 is 14.3 Å². The average molecular weight is 496 g/mol. The van der Waals surface area contributed by atoms with Crippen LogP contribution in [0.2, 0.25) is 0 Å². The summed E-state index contributed by atoms with van der Waals surface area (Å²) in [6.45, 7) is 4.39. The van der Waals surface area contributed by atoms with Crippen molar-refractivity contribution in [3.8, 4) is 0 Å². The highest BCUT2D eigenvalue weighted by atomic mass is 16.6. The molecule has 0 radical (unpaired) electrons. The van der Waals surface area contributed by atoms with Crippen LogP contribution in [-0.2, 0) is 15.1 Å². The third-order valence-corrected chi connectivity index (χ3v) is 8.87. The topological polar surface area (TPSA) is 38.8 Å². The minimum atomic E-state index is -0.901. The van der Waals surface area contributed by atoms with Crippen molar-refractivity contribution in [2.24, 2.45) is 5.92 Å². The summed E-state index contributed by atoms with van der Waals surface area (Å²) >= 11 is 0. The molecule has 3 aromatic rings. The van der Waals surface area contributed by atoms with Crippen molar-refractivity contribution in [1.82, 2.24) is 4.90 Å². The maximum absolute atomic E-state index is 14.0. The van der Waals surface area contributed by atoms with Crippen molar-refractivity contribution >= 4 is 6.09 Å². The Morgan fingerprint density at radius 2 is 1.32 bits per heavy atom. The zero-order valence-electron chi connectivity index (χ0n) is 21.9. The molecule has 0 N–H and O–H groups in total. The maximum atomic E-state index is 14.0. The van der Waals surface area contributed by atoms with Gasteiger partial charge in [-0.2, -0.15) is 0 Å². The zero-order chi connectivity index (χ0) is 25.5. The summed E-state index contributed by atoms with van der Waals surface area (Å²) in [5, 5.41) is 0. The Kier molecular flexibility index (Phi) is 6.32. The van der Waals surface area contributed by atoms with Crippen LogP contribution in [0.15, 0.2) is 91.0 Å². The molecule has 0 bridgehead atoms. The molecule has 2 saturated heterocycles. The Morgan fingerprint density at radius 1 is 0.784 bits per heavy atom. The number of carbonyl (C=O) groups is 1. The van der Waals surface area contributed by atoms with E-state index in [0.29, 0.717) is 0 Å². The van der Waals surface area contributed by atoms with E-state index in [1.165, 1.54) is 24.8 Å². The Balaban J connectivity index is 1.45. The van der Waals surface area contributed by atoms with Gasteiger partial charge >= 0.3 is 6.09 Å². The highest BCUT2D eigenvalue weighted by Crippen LogP contribution is 2.55. The van der Waals surface area contributed by atoms with E-state index in [1.807, 2.05) is 41.3 Å². The highest BCUT2D eigenvalue weighted by molar-refractivity contribution is 5.74. The number of ether oxygens (including phenoxy) is 2. The van der Waals surface area contributed by atoms with Gasteiger partial charge in [0.05, 0.1) is 11.6 Å². The molecule has 2 heterocycles. The predicted molar refractivity (Wildman–Crippen MR) is 145 cm³/mol. The van der Waals surface area contributed by atoms with Gasteiger partial charge in [-0.25, -0.2) is 4.79 Å². The normalized spacial score (nSPS) is 26.5. The van der Waals surface area contributed by atoms with Crippen LogP contribution < -0.4 is 0 Å². The fourth-order valence-corrected chi connectivity index (χ4v) is 7.37. The van der Waals surface area contributed by atoms with Crippen LogP contribution >= 0.6 is 0 Å². The molecule has 37 heavy (non-hydrogen) atoms. The van der Waals surface area contributed by atoms with Gasteiger partial charge in [0.15, 0.2) is 5.60 Å². The molecular formula is C33H37NO3. The van der Waals surface area contributed by atoms with Crippen LogP contribution in [0.1, 0.15) is 75.0 Å². The third kappa shape index (κ3) is 3.97. The first-order valence-electron chi connectivity index (χ1n) is 13.9. The number of amides is 1. The molecule has 1 amide bonds. The van der Waals surface area contributed by atoms with Crippen LogP contribution in [0, 0.1) is 5.92 Å². The van der Waals surface area contributed by atoms with Gasteiger partial charge in [0, 0.05) is 23.5 Å². The third-order valence-electron chi connectivity index (χ3n) is 8.87. The zero-order valence-corrected chi connectivity index (χ0v) is 21.9. The molecule has 3 atom stereocenters. The molecule has 1 unspecified atom stereocenters. The van der Waals surface area contributed by atoms with Crippen molar-refractivity contribution in [2.75, 3.05) is 0 Å². The second-order valence-corrected chi connectivity index (χ2v) is 11.3. The van der Waals surface area contributed by atoms with Gasteiger partial charge in [-0.3, -0.25) is 4.90 Å². The lowest BCUT2D eigenvalue weighted by molar-refractivity contribution is -0.121. The molecule has 4 heteroatoms. The quantitative estimate of drug-likeness (QED) is 0.365. The van der Waals surface area contributed by atoms with Crippen LogP contribution in [0.4, 0.5) is 4.79 Å². The van der Waals surface area contributed by atoms with Gasteiger partial charge in [-0.1, -0.05) is 124 Å². The molecule has 1 aliphatic carbocycles. The largest absolute Gasteiger partial charge is 0.431 e. The van der Waals surface area contributed by atoms with Gasteiger partial charge < -0.3 is 9.47 Å². The van der Waals surface area contributed by atoms with E-state index in [-0.39, 0.29) is 35.8 Å². The molecule has 0 aromatic heterocycles. The molecule has 3 fully saturated rings. The number of benzene rings is 3. The summed E-state index contributed by atoms with van der Waals surface area (Å²) < 4.78 is 13.6. The first-order valence-corrected chi connectivity index (χ1v) is 13.9. The minimum absolute atomic E-state index is 0.147. The second-order valence-electron chi connectivity index (χ2n) is 11.3. The van der Waals surface area contributed by atoms with Gasteiger partial charge in [0.1, 0.15) is 6.23 Å². The molecule has 3 aliphatic rings. The summed E-state index contributed by atoms with van der Waals surface area (Å²) in [5.74, 6) is 0.414. The van der Waals surface area contributed by atoms with E-state index in [2.05, 4.69) is 68.4 Å². The number of carbonyl (C=O) groups excluding carboxylic acids is 1. The smallest absolute Gasteiger partial charge is 0.413 e. The Bertz CT molecular complexity index is 1160. The molecule has 6 rings (SSSR count). The summed E-state index contributed by atoms with van der Waals surface area (Å²) in [7, 11) is 0. The summed E-state index contributed by atoms with van der Waals surface area (Å²) in [6, 6.07) is 31.1. The average Bonchev–Trinajstić information content (AvgIpc) is 3.46. The van der Waals surface area contributed by atoms with E-state index in [4.69, 9.17) is 9.47 Å². The number of hydrogen-bond donors (Lipinski definition) is 0. The van der Waals surface area contributed by atoms with Gasteiger partial charge in [0.25, 0.3) is 0 Å². The number of hydrogen-bond acceptors (Lipinski definition) is 3. The summed E-state index contributed by atoms with van der Waals surface area (Å²) in [5.41, 5.74) is 2.19. The van der Waals surface area contributed by atoms with Crippen LogP contribution in [0.25, 0.3) is 0 Å². The van der Waals surface area contributed by atoms with Crippen LogP contribution in [-0.4, -0.2) is 28.9 Å². The van der Waals surface area contributed by atoms with Crippen molar-refractivity contribution in [1.29, 1.82) is 0 Å². The van der Waals surface area contributed by atoms with Gasteiger partial charge in [0.2, 0.25) is 0 Å².